The molecule has 0 atom stereocenters. The third kappa shape index (κ3) is 3.57. The number of amides is 1. The van der Waals surface area contributed by atoms with E-state index in [4.69, 9.17) is 18.0 Å². The molecule has 1 aliphatic heterocycles. The Morgan fingerprint density at radius 1 is 1.20 bits per heavy atom. The fraction of sp³-hybridized carbons (Fsp3) is 0.375. The zero-order valence-electron chi connectivity index (χ0n) is 13.2. The van der Waals surface area contributed by atoms with E-state index in [2.05, 4.69) is 0 Å². The molecule has 0 bridgehead atoms. The highest BCUT2D eigenvalue weighted by Gasteiger charge is 2.31. The number of carbonyl (C=O) groups is 1. The largest absolute Gasteiger partial charge is 0.416 e. The molecule has 1 amide bonds. The highest BCUT2D eigenvalue weighted by molar-refractivity contribution is 7.73. The molecule has 1 aromatic heterocycles. The van der Waals surface area contributed by atoms with Crippen molar-refractivity contribution < 1.29 is 18.0 Å². The molecule has 1 aliphatic rings. The Hall–Kier alpha value is -1.87. The minimum absolute atomic E-state index is 0.0879. The molecule has 1 aromatic carbocycles. The molecule has 0 unspecified atom stereocenters. The van der Waals surface area contributed by atoms with Crippen molar-refractivity contribution in [3.8, 4) is 5.69 Å². The van der Waals surface area contributed by atoms with Crippen LogP contribution in [0, 0.1) is 3.95 Å². The van der Waals surface area contributed by atoms with Crippen LogP contribution in [0.4, 0.5) is 19.0 Å². The molecule has 0 radical (unpaired) electrons. The van der Waals surface area contributed by atoms with Crippen LogP contribution in [-0.2, 0) is 6.18 Å². The third-order valence-electron chi connectivity index (χ3n) is 4.11. The van der Waals surface area contributed by atoms with E-state index in [9.17, 15) is 18.0 Å². The monoisotopic (exact) mass is 387 g/mol. The summed E-state index contributed by atoms with van der Waals surface area (Å²) >= 11 is 6.28. The van der Waals surface area contributed by atoms with Crippen LogP contribution in [0.5, 0.6) is 0 Å². The maximum absolute atomic E-state index is 12.9. The second-order valence-corrected chi connectivity index (χ2v) is 7.46. The molecule has 2 aromatic rings. The first-order chi connectivity index (χ1) is 11.8. The van der Waals surface area contributed by atoms with E-state index >= 15 is 0 Å². The molecule has 0 saturated carbocycles. The maximum Gasteiger partial charge on any atom is 0.416 e. The van der Waals surface area contributed by atoms with E-state index in [-0.39, 0.29) is 26.2 Å². The molecule has 3 rings (SSSR count). The van der Waals surface area contributed by atoms with Gasteiger partial charge in [-0.3, -0.25) is 9.36 Å². The predicted octanol–water partition coefficient (Wildman–Crippen LogP) is 4.50. The summed E-state index contributed by atoms with van der Waals surface area (Å²) in [4.78, 5) is 14.7. The van der Waals surface area contributed by atoms with Gasteiger partial charge in [-0.25, -0.2) is 0 Å². The van der Waals surface area contributed by atoms with Gasteiger partial charge in [-0.1, -0.05) is 17.4 Å². The van der Waals surface area contributed by atoms with Crippen LogP contribution in [0.15, 0.2) is 24.3 Å². The molecule has 2 heterocycles. The van der Waals surface area contributed by atoms with Crippen molar-refractivity contribution in [3.05, 3.63) is 38.7 Å². The van der Waals surface area contributed by atoms with Gasteiger partial charge < -0.3 is 10.6 Å². The number of carbonyl (C=O) groups excluding carboxylic acids is 1. The van der Waals surface area contributed by atoms with Gasteiger partial charge in [-0.05, 0) is 49.7 Å². The van der Waals surface area contributed by atoms with Crippen molar-refractivity contribution in [1.29, 1.82) is 0 Å². The minimum Gasteiger partial charge on any atom is -0.383 e. The predicted molar refractivity (Wildman–Crippen MR) is 93.6 cm³/mol. The van der Waals surface area contributed by atoms with E-state index in [1.54, 1.807) is 4.90 Å². The molecule has 0 spiro atoms. The van der Waals surface area contributed by atoms with Crippen molar-refractivity contribution in [2.24, 2.45) is 0 Å². The van der Waals surface area contributed by atoms with E-state index < -0.39 is 11.7 Å². The van der Waals surface area contributed by atoms with Gasteiger partial charge in [-0.15, -0.1) is 0 Å². The highest BCUT2D eigenvalue weighted by atomic mass is 32.1. The topological polar surface area (TPSA) is 51.3 Å². The number of anilines is 1. The highest BCUT2D eigenvalue weighted by Crippen LogP contribution is 2.33. The Morgan fingerprint density at radius 3 is 2.52 bits per heavy atom. The molecule has 1 fully saturated rings. The van der Waals surface area contributed by atoms with Crippen LogP contribution in [0.2, 0.25) is 0 Å². The van der Waals surface area contributed by atoms with Gasteiger partial charge in [0.2, 0.25) is 0 Å². The van der Waals surface area contributed by atoms with E-state index in [0.29, 0.717) is 13.1 Å². The van der Waals surface area contributed by atoms with Crippen molar-refractivity contribution in [1.82, 2.24) is 9.47 Å². The molecule has 1 saturated heterocycles. The lowest BCUT2D eigenvalue weighted by atomic mass is 10.1. The average molecular weight is 387 g/mol. The van der Waals surface area contributed by atoms with Gasteiger partial charge in [0.05, 0.1) is 5.56 Å². The van der Waals surface area contributed by atoms with Crippen LogP contribution in [0.1, 0.15) is 34.5 Å². The first-order valence-corrected chi connectivity index (χ1v) is 9.00. The molecule has 25 heavy (non-hydrogen) atoms. The number of thiazole rings is 1. The fourth-order valence-corrected chi connectivity index (χ4v) is 4.18. The van der Waals surface area contributed by atoms with Crippen molar-refractivity contribution in [3.63, 3.8) is 0 Å². The standard InChI is InChI=1S/C16H16F3N3OS2/c17-16(18,19)10-5-4-6-11(9-10)22-13(20)12(25-15(22)24)14(23)21-7-2-1-3-8-21/h4-6,9H,1-3,7-8,20H2. The van der Waals surface area contributed by atoms with Gasteiger partial charge in [-0.2, -0.15) is 13.2 Å². The van der Waals surface area contributed by atoms with Gasteiger partial charge in [0.25, 0.3) is 5.91 Å². The normalized spacial score (nSPS) is 15.4. The fourth-order valence-electron chi connectivity index (χ4n) is 2.84. The van der Waals surface area contributed by atoms with Crippen molar-refractivity contribution in [2.75, 3.05) is 18.8 Å². The SMILES string of the molecule is Nc1c(C(=O)N2CCCCC2)sc(=S)n1-c1cccc(C(F)(F)F)c1. The Kier molecular flexibility index (Phi) is 4.88. The number of alkyl halides is 3. The summed E-state index contributed by atoms with van der Waals surface area (Å²) in [5, 5.41) is 0. The van der Waals surface area contributed by atoms with Gasteiger partial charge in [0.1, 0.15) is 10.7 Å². The van der Waals surface area contributed by atoms with Crippen LogP contribution in [-0.4, -0.2) is 28.5 Å². The first-order valence-electron chi connectivity index (χ1n) is 7.77. The third-order valence-corrected chi connectivity index (χ3v) is 5.49. The second kappa shape index (κ2) is 6.80. The van der Waals surface area contributed by atoms with Crippen LogP contribution < -0.4 is 5.73 Å². The Balaban J connectivity index is 2.00. The molecular weight excluding hydrogens is 371 g/mol. The van der Waals surface area contributed by atoms with E-state index in [0.717, 1.165) is 42.7 Å². The molecule has 2 N–H and O–H groups in total. The summed E-state index contributed by atoms with van der Waals surface area (Å²) in [6, 6.07) is 4.75. The van der Waals surface area contributed by atoms with Gasteiger partial charge >= 0.3 is 6.18 Å². The summed E-state index contributed by atoms with van der Waals surface area (Å²) in [6.07, 6.45) is -1.51. The number of nitrogens with zero attached hydrogens (tertiary/aromatic N) is 2. The quantitative estimate of drug-likeness (QED) is 0.772. The summed E-state index contributed by atoms with van der Waals surface area (Å²) in [5.41, 5.74) is 5.49. The first kappa shape index (κ1) is 17.9. The summed E-state index contributed by atoms with van der Waals surface area (Å²) in [5.74, 6) is -0.121. The number of hydrogen-bond donors (Lipinski definition) is 1. The minimum atomic E-state index is -4.46. The zero-order chi connectivity index (χ0) is 18.2. The van der Waals surface area contributed by atoms with Crippen molar-refractivity contribution in [2.45, 2.75) is 25.4 Å². The molecule has 134 valence electrons. The smallest absolute Gasteiger partial charge is 0.383 e. The Bertz CT molecular complexity index is 851. The van der Waals surface area contributed by atoms with Crippen LogP contribution in [0.3, 0.4) is 0 Å². The Labute approximate surface area is 151 Å². The number of nitrogen functional groups attached to an aromatic ring is 1. The number of nitrogens with two attached hydrogens (primary N) is 1. The lowest BCUT2D eigenvalue weighted by Crippen LogP contribution is -2.35. The van der Waals surface area contributed by atoms with Crippen LogP contribution >= 0.6 is 23.6 Å². The molecule has 4 nitrogen and oxygen atoms in total. The number of hydrogen-bond acceptors (Lipinski definition) is 4. The van der Waals surface area contributed by atoms with Gasteiger partial charge in [0.15, 0.2) is 3.95 Å². The van der Waals surface area contributed by atoms with Crippen molar-refractivity contribution >= 4 is 35.3 Å². The summed E-state index contributed by atoms with van der Waals surface area (Å²) < 4.78 is 40.4. The summed E-state index contributed by atoms with van der Waals surface area (Å²) in [7, 11) is 0. The number of benzene rings is 1. The van der Waals surface area contributed by atoms with Crippen LogP contribution in [0.25, 0.3) is 5.69 Å². The number of halogens is 3. The molecular formula is C16H16F3N3OS2. The Morgan fingerprint density at radius 2 is 1.88 bits per heavy atom. The second-order valence-electron chi connectivity index (χ2n) is 5.82. The lowest BCUT2D eigenvalue weighted by molar-refractivity contribution is -0.137. The number of piperidine rings is 1. The van der Waals surface area contributed by atoms with Gasteiger partial charge in [0, 0.05) is 18.8 Å². The van der Waals surface area contributed by atoms with E-state index in [1.165, 1.54) is 16.7 Å². The number of likely N-dealkylation sites (tertiary alicyclic amines) is 1. The summed E-state index contributed by atoms with van der Waals surface area (Å²) in [6.45, 7) is 1.32. The number of aromatic nitrogens is 1. The molecule has 9 heteroatoms. The van der Waals surface area contributed by atoms with E-state index in [1.807, 2.05) is 0 Å². The molecule has 0 aliphatic carbocycles. The average Bonchev–Trinajstić information content (AvgIpc) is 2.89. The zero-order valence-corrected chi connectivity index (χ0v) is 14.8. The number of rotatable bonds is 2. The maximum atomic E-state index is 12.9. The lowest BCUT2D eigenvalue weighted by Gasteiger charge is -2.26.